The molecule has 2 N–H and O–H groups in total. The summed E-state index contributed by atoms with van der Waals surface area (Å²) < 4.78 is 5.68. The largest absolute Gasteiger partial charge is 0.493 e. The average molecular weight is 326 g/mol. The summed E-state index contributed by atoms with van der Waals surface area (Å²) in [4.78, 5) is 12.1. The second kappa shape index (κ2) is 8.39. The molecule has 0 aliphatic rings. The van der Waals surface area contributed by atoms with Gasteiger partial charge < -0.3 is 15.4 Å². The van der Waals surface area contributed by atoms with E-state index in [2.05, 4.69) is 30.5 Å². The van der Waals surface area contributed by atoms with E-state index in [-0.39, 0.29) is 12.5 Å². The molecule has 4 heteroatoms. The normalized spacial score (nSPS) is 10.5. The van der Waals surface area contributed by atoms with Crippen LogP contribution in [0.25, 0.3) is 0 Å². The maximum Gasteiger partial charge on any atom is 0.243 e. The summed E-state index contributed by atoms with van der Waals surface area (Å²) >= 11 is 0. The summed E-state index contributed by atoms with van der Waals surface area (Å²) in [5.74, 6) is 1.14. The molecule has 2 aromatic carbocycles. The summed E-state index contributed by atoms with van der Waals surface area (Å²) in [5, 5.41) is 6.08. The highest BCUT2D eigenvalue weighted by molar-refractivity contribution is 5.94. The quantitative estimate of drug-likeness (QED) is 0.793. The lowest BCUT2D eigenvalue weighted by molar-refractivity contribution is -0.114. The number of carbonyl (C=O) groups is 1. The van der Waals surface area contributed by atoms with E-state index in [9.17, 15) is 4.79 Å². The number of anilines is 2. The lowest BCUT2D eigenvalue weighted by atomic mass is 10.1. The molecule has 2 rings (SSSR count). The molecule has 0 aromatic heterocycles. The van der Waals surface area contributed by atoms with E-state index >= 15 is 0 Å². The van der Waals surface area contributed by atoms with E-state index in [1.54, 1.807) is 0 Å². The molecule has 0 fully saturated rings. The van der Waals surface area contributed by atoms with E-state index in [1.807, 2.05) is 50.2 Å². The first kappa shape index (κ1) is 17.9. The highest BCUT2D eigenvalue weighted by Crippen LogP contribution is 2.19. The van der Waals surface area contributed by atoms with Gasteiger partial charge in [0.15, 0.2) is 0 Å². The lowest BCUT2D eigenvalue weighted by Gasteiger charge is -2.12. The molecule has 0 saturated heterocycles. The third-order valence-corrected chi connectivity index (χ3v) is 3.53. The van der Waals surface area contributed by atoms with Gasteiger partial charge in [-0.05, 0) is 49.1 Å². The van der Waals surface area contributed by atoms with Crippen molar-refractivity contribution < 1.29 is 9.53 Å². The first-order valence-corrected chi connectivity index (χ1v) is 8.28. The van der Waals surface area contributed by atoms with E-state index in [0.717, 1.165) is 22.7 Å². The van der Waals surface area contributed by atoms with Crippen LogP contribution in [0.5, 0.6) is 5.75 Å². The molecule has 0 bridgehead atoms. The Bertz CT molecular complexity index is 696. The van der Waals surface area contributed by atoms with Crippen LogP contribution in [0.3, 0.4) is 0 Å². The minimum atomic E-state index is -0.0862. The molecule has 0 aliphatic carbocycles. The monoisotopic (exact) mass is 326 g/mol. The Labute approximate surface area is 144 Å². The van der Waals surface area contributed by atoms with Crippen LogP contribution in [0.4, 0.5) is 11.4 Å². The van der Waals surface area contributed by atoms with Crippen molar-refractivity contribution in [3.63, 3.8) is 0 Å². The number of nitrogens with one attached hydrogen (secondary N) is 2. The Morgan fingerprint density at radius 2 is 1.92 bits per heavy atom. The first-order valence-electron chi connectivity index (χ1n) is 8.28. The molecule has 0 unspecified atom stereocenters. The number of rotatable bonds is 7. The van der Waals surface area contributed by atoms with Gasteiger partial charge in [-0.25, -0.2) is 0 Å². The van der Waals surface area contributed by atoms with Crippen LogP contribution in [0.15, 0.2) is 42.5 Å². The zero-order valence-corrected chi connectivity index (χ0v) is 14.8. The summed E-state index contributed by atoms with van der Waals surface area (Å²) in [5.41, 5.74) is 4.01. The van der Waals surface area contributed by atoms with Crippen LogP contribution in [0.1, 0.15) is 25.0 Å². The zero-order chi connectivity index (χ0) is 17.5. The van der Waals surface area contributed by atoms with Gasteiger partial charge in [0.25, 0.3) is 0 Å². The third-order valence-electron chi connectivity index (χ3n) is 3.53. The Hall–Kier alpha value is -2.49. The molecule has 0 spiro atoms. The number of hydrogen-bond acceptors (Lipinski definition) is 3. The Balaban J connectivity index is 1.90. The van der Waals surface area contributed by atoms with Crippen molar-refractivity contribution in [3.8, 4) is 5.75 Å². The van der Waals surface area contributed by atoms with Crippen LogP contribution < -0.4 is 15.4 Å². The van der Waals surface area contributed by atoms with Gasteiger partial charge >= 0.3 is 0 Å². The van der Waals surface area contributed by atoms with Crippen molar-refractivity contribution in [1.82, 2.24) is 0 Å². The van der Waals surface area contributed by atoms with Crippen molar-refractivity contribution in [2.45, 2.75) is 27.7 Å². The van der Waals surface area contributed by atoms with Crippen molar-refractivity contribution >= 4 is 17.3 Å². The molecule has 128 valence electrons. The number of amides is 1. The fourth-order valence-electron chi connectivity index (χ4n) is 2.23. The van der Waals surface area contributed by atoms with Crippen molar-refractivity contribution in [3.05, 3.63) is 53.6 Å². The number of benzene rings is 2. The number of ether oxygens (including phenoxy) is 1. The van der Waals surface area contributed by atoms with Gasteiger partial charge in [-0.1, -0.05) is 32.0 Å². The van der Waals surface area contributed by atoms with Crippen LogP contribution in [-0.4, -0.2) is 19.1 Å². The molecule has 0 heterocycles. The minimum Gasteiger partial charge on any atom is -0.493 e. The fourth-order valence-corrected chi connectivity index (χ4v) is 2.23. The standard InChI is InChI=1S/C20H26N2O2/c1-14(2)13-24-18-7-5-6-17(11-18)22-20(23)12-21-19-10-15(3)8-9-16(19)4/h5-11,14,21H,12-13H2,1-4H3,(H,22,23). The summed E-state index contributed by atoms with van der Waals surface area (Å²) in [6, 6.07) is 13.6. The summed E-state index contributed by atoms with van der Waals surface area (Å²) in [6.07, 6.45) is 0. The fraction of sp³-hybridized carbons (Fsp3) is 0.350. The molecule has 2 aromatic rings. The van der Waals surface area contributed by atoms with Gasteiger partial charge in [-0.15, -0.1) is 0 Å². The summed E-state index contributed by atoms with van der Waals surface area (Å²) in [6.45, 7) is 9.14. The molecule has 0 radical (unpaired) electrons. The molecule has 0 saturated carbocycles. The van der Waals surface area contributed by atoms with E-state index in [0.29, 0.717) is 12.5 Å². The van der Waals surface area contributed by atoms with E-state index < -0.39 is 0 Å². The van der Waals surface area contributed by atoms with Gasteiger partial charge in [0.1, 0.15) is 5.75 Å². The van der Waals surface area contributed by atoms with Gasteiger partial charge in [0.05, 0.1) is 13.2 Å². The molecular formula is C20H26N2O2. The molecule has 0 atom stereocenters. The first-order chi connectivity index (χ1) is 11.4. The highest BCUT2D eigenvalue weighted by Gasteiger charge is 2.05. The van der Waals surface area contributed by atoms with Crippen molar-refractivity contribution in [2.75, 3.05) is 23.8 Å². The van der Waals surface area contributed by atoms with Crippen LogP contribution >= 0.6 is 0 Å². The lowest BCUT2D eigenvalue weighted by Crippen LogP contribution is -2.22. The second-order valence-corrected chi connectivity index (χ2v) is 6.45. The second-order valence-electron chi connectivity index (χ2n) is 6.45. The maximum absolute atomic E-state index is 12.1. The molecular weight excluding hydrogens is 300 g/mol. The minimum absolute atomic E-state index is 0.0862. The van der Waals surface area contributed by atoms with Gasteiger partial charge in [0, 0.05) is 17.4 Å². The van der Waals surface area contributed by atoms with E-state index in [4.69, 9.17) is 4.74 Å². The predicted molar refractivity (Wildman–Crippen MR) is 99.8 cm³/mol. The van der Waals surface area contributed by atoms with Crippen molar-refractivity contribution in [2.24, 2.45) is 5.92 Å². The SMILES string of the molecule is Cc1ccc(C)c(NCC(=O)Nc2cccc(OCC(C)C)c2)c1. The topological polar surface area (TPSA) is 50.4 Å². The Morgan fingerprint density at radius 1 is 1.12 bits per heavy atom. The molecule has 0 aliphatic heterocycles. The van der Waals surface area contributed by atoms with Crippen LogP contribution in [0.2, 0.25) is 0 Å². The zero-order valence-electron chi connectivity index (χ0n) is 14.8. The highest BCUT2D eigenvalue weighted by atomic mass is 16.5. The van der Waals surface area contributed by atoms with Crippen LogP contribution in [-0.2, 0) is 4.79 Å². The summed E-state index contributed by atoms with van der Waals surface area (Å²) in [7, 11) is 0. The van der Waals surface area contributed by atoms with Gasteiger partial charge in [0.2, 0.25) is 5.91 Å². The molecule has 4 nitrogen and oxygen atoms in total. The number of aryl methyl sites for hydroxylation is 2. The average Bonchev–Trinajstić information content (AvgIpc) is 2.54. The van der Waals surface area contributed by atoms with Crippen LogP contribution in [0, 0.1) is 19.8 Å². The molecule has 24 heavy (non-hydrogen) atoms. The number of hydrogen-bond donors (Lipinski definition) is 2. The van der Waals surface area contributed by atoms with Gasteiger partial charge in [-0.3, -0.25) is 4.79 Å². The molecule has 1 amide bonds. The Morgan fingerprint density at radius 3 is 2.67 bits per heavy atom. The third kappa shape index (κ3) is 5.61. The predicted octanol–water partition coefficient (Wildman–Crippen LogP) is 4.39. The Kier molecular flexibility index (Phi) is 6.24. The van der Waals surface area contributed by atoms with Gasteiger partial charge in [-0.2, -0.15) is 0 Å². The smallest absolute Gasteiger partial charge is 0.243 e. The maximum atomic E-state index is 12.1. The van der Waals surface area contributed by atoms with E-state index in [1.165, 1.54) is 5.56 Å². The van der Waals surface area contributed by atoms with Crippen molar-refractivity contribution in [1.29, 1.82) is 0 Å². The number of carbonyl (C=O) groups excluding carboxylic acids is 1.